The van der Waals surface area contributed by atoms with E-state index in [1.165, 1.54) is 0 Å². The number of hydrogen-bond acceptors (Lipinski definition) is 4. The fraction of sp³-hybridized carbons (Fsp3) is 0.727. The molecule has 0 spiro atoms. The third-order valence-corrected chi connectivity index (χ3v) is 2.56. The van der Waals surface area contributed by atoms with E-state index in [1.807, 2.05) is 0 Å². The largest absolute Gasteiger partial charge is 0.481 e. The Morgan fingerprint density at radius 1 is 1.17 bits per heavy atom. The van der Waals surface area contributed by atoms with Gasteiger partial charge in [-0.25, -0.2) is 9.59 Å². The van der Waals surface area contributed by atoms with E-state index >= 15 is 0 Å². The van der Waals surface area contributed by atoms with Crippen LogP contribution in [0, 0.1) is 5.92 Å². The zero-order chi connectivity index (χ0) is 14.1. The van der Waals surface area contributed by atoms with Crippen molar-refractivity contribution in [3.05, 3.63) is 0 Å². The number of likely N-dealkylation sites (tertiary alicyclic amines) is 1. The Balaban J connectivity index is 2.82. The summed E-state index contributed by atoms with van der Waals surface area (Å²) < 4.78 is 5.06. The zero-order valence-corrected chi connectivity index (χ0v) is 10.5. The second kappa shape index (κ2) is 4.83. The topological polar surface area (TPSA) is 104 Å². The fourth-order valence-corrected chi connectivity index (χ4v) is 1.77. The smallest absolute Gasteiger partial charge is 0.411 e. The monoisotopic (exact) mass is 259 g/mol. The van der Waals surface area contributed by atoms with Gasteiger partial charge in [-0.1, -0.05) is 0 Å². The number of amides is 1. The molecule has 102 valence electrons. The molecule has 1 aliphatic rings. The van der Waals surface area contributed by atoms with Gasteiger partial charge >= 0.3 is 18.0 Å². The maximum absolute atomic E-state index is 11.8. The lowest BCUT2D eigenvalue weighted by Crippen LogP contribution is -2.43. The Hall–Kier alpha value is -1.79. The number of carboxylic acid groups (broad SMARTS) is 2. The standard InChI is InChI=1S/C11H17NO6/c1-11(2,3)18-10(17)12-5-6(8(13)14)4-7(12)9(15)16/h6-7H,4-5H2,1-3H3,(H,13,14)(H,15,16)/t6-,7-/m0/s1. The van der Waals surface area contributed by atoms with E-state index in [4.69, 9.17) is 14.9 Å². The van der Waals surface area contributed by atoms with Crippen LogP contribution in [0.3, 0.4) is 0 Å². The molecular formula is C11H17NO6. The highest BCUT2D eigenvalue weighted by molar-refractivity contribution is 5.83. The molecule has 0 bridgehead atoms. The average molecular weight is 259 g/mol. The molecule has 1 saturated heterocycles. The van der Waals surface area contributed by atoms with Crippen molar-refractivity contribution in [2.75, 3.05) is 6.54 Å². The summed E-state index contributed by atoms with van der Waals surface area (Å²) in [6.45, 7) is 4.84. The Kier molecular flexibility index (Phi) is 3.83. The van der Waals surface area contributed by atoms with E-state index in [0.717, 1.165) is 4.90 Å². The molecule has 1 rings (SSSR count). The highest BCUT2D eigenvalue weighted by Crippen LogP contribution is 2.25. The number of nitrogens with zero attached hydrogens (tertiary/aromatic N) is 1. The number of aliphatic carboxylic acids is 2. The van der Waals surface area contributed by atoms with Crippen LogP contribution in [0.1, 0.15) is 27.2 Å². The number of rotatable bonds is 2. The van der Waals surface area contributed by atoms with Crippen LogP contribution in [-0.2, 0) is 14.3 Å². The highest BCUT2D eigenvalue weighted by atomic mass is 16.6. The number of carbonyl (C=O) groups is 3. The van der Waals surface area contributed by atoms with Crippen molar-refractivity contribution in [3.8, 4) is 0 Å². The Morgan fingerprint density at radius 2 is 1.72 bits per heavy atom. The predicted octanol–water partition coefficient (Wildman–Crippen LogP) is 0.781. The van der Waals surface area contributed by atoms with Gasteiger partial charge in [0, 0.05) is 6.54 Å². The average Bonchev–Trinajstić information content (AvgIpc) is 2.58. The third-order valence-electron chi connectivity index (χ3n) is 2.56. The van der Waals surface area contributed by atoms with E-state index in [0.29, 0.717) is 0 Å². The quantitative estimate of drug-likeness (QED) is 0.759. The molecule has 2 atom stereocenters. The molecule has 0 saturated carbocycles. The van der Waals surface area contributed by atoms with Crippen LogP contribution >= 0.6 is 0 Å². The molecule has 7 nitrogen and oxygen atoms in total. The van der Waals surface area contributed by atoms with Gasteiger partial charge in [0.05, 0.1) is 5.92 Å². The summed E-state index contributed by atoms with van der Waals surface area (Å²) in [7, 11) is 0. The van der Waals surface area contributed by atoms with Crippen LogP contribution in [0.2, 0.25) is 0 Å². The van der Waals surface area contributed by atoms with Gasteiger partial charge in [-0.3, -0.25) is 9.69 Å². The molecule has 0 aromatic carbocycles. The van der Waals surface area contributed by atoms with E-state index < -0.39 is 35.6 Å². The van der Waals surface area contributed by atoms with Crippen molar-refractivity contribution < 1.29 is 29.3 Å². The highest BCUT2D eigenvalue weighted by Gasteiger charge is 2.44. The summed E-state index contributed by atoms with van der Waals surface area (Å²) in [5.41, 5.74) is -0.749. The van der Waals surface area contributed by atoms with Gasteiger partial charge in [0.2, 0.25) is 0 Å². The molecule has 1 heterocycles. The molecule has 18 heavy (non-hydrogen) atoms. The lowest BCUT2D eigenvalue weighted by molar-refractivity contribution is -0.142. The minimum Gasteiger partial charge on any atom is -0.481 e. The molecule has 2 N–H and O–H groups in total. The summed E-state index contributed by atoms with van der Waals surface area (Å²) in [6.07, 6.45) is -0.886. The van der Waals surface area contributed by atoms with Gasteiger partial charge in [-0.15, -0.1) is 0 Å². The first-order valence-corrected chi connectivity index (χ1v) is 5.57. The molecule has 7 heteroatoms. The van der Waals surface area contributed by atoms with Crippen LogP contribution in [-0.4, -0.2) is 51.3 Å². The van der Waals surface area contributed by atoms with E-state index in [2.05, 4.69) is 0 Å². The summed E-state index contributed by atoms with van der Waals surface area (Å²) in [4.78, 5) is 34.6. The van der Waals surface area contributed by atoms with Gasteiger partial charge < -0.3 is 14.9 Å². The van der Waals surface area contributed by atoms with E-state index in [1.54, 1.807) is 20.8 Å². The summed E-state index contributed by atoms with van der Waals surface area (Å²) >= 11 is 0. The second-order valence-corrected chi connectivity index (χ2v) is 5.26. The summed E-state index contributed by atoms with van der Waals surface area (Å²) in [5.74, 6) is -3.18. The number of carbonyl (C=O) groups excluding carboxylic acids is 1. The molecule has 0 radical (unpaired) electrons. The van der Waals surface area contributed by atoms with Crippen LogP contribution < -0.4 is 0 Å². The van der Waals surface area contributed by atoms with Crippen molar-refractivity contribution in [1.29, 1.82) is 0 Å². The van der Waals surface area contributed by atoms with Gasteiger partial charge in [0.25, 0.3) is 0 Å². The van der Waals surface area contributed by atoms with Crippen LogP contribution in [0.25, 0.3) is 0 Å². The van der Waals surface area contributed by atoms with Crippen molar-refractivity contribution in [3.63, 3.8) is 0 Å². The van der Waals surface area contributed by atoms with E-state index in [-0.39, 0.29) is 13.0 Å². The van der Waals surface area contributed by atoms with Gasteiger partial charge in [0.15, 0.2) is 0 Å². The third kappa shape index (κ3) is 3.35. The normalized spacial score (nSPS) is 23.8. The fourth-order valence-electron chi connectivity index (χ4n) is 1.77. The second-order valence-electron chi connectivity index (χ2n) is 5.26. The number of hydrogen-bond donors (Lipinski definition) is 2. The summed E-state index contributed by atoms with van der Waals surface area (Å²) in [5, 5.41) is 17.9. The first-order chi connectivity index (χ1) is 8.11. The van der Waals surface area contributed by atoms with E-state index in [9.17, 15) is 14.4 Å². The van der Waals surface area contributed by atoms with Crippen molar-refractivity contribution in [2.45, 2.75) is 38.8 Å². The van der Waals surface area contributed by atoms with Gasteiger partial charge in [-0.05, 0) is 27.2 Å². The number of carboxylic acids is 2. The molecular weight excluding hydrogens is 242 g/mol. The van der Waals surface area contributed by atoms with Crippen LogP contribution in [0.15, 0.2) is 0 Å². The molecule has 0 aliphatic carbocycles. The Morgan fingerprint density at radius 3 is 2.11 bits per heavy atom. The van der Waals surface area contributed by atoms with Gasteiger partial charge in [-0.2, -0.15) is 0 Å². The molecule has 0 aromatic rings. The molecule has 0 aromatic heterocycles. The molecule has 1 fully saturated rings. The van der Waals surface area contributed by atoms with Crippen LogP contribution in [0.4, 0.5) is 4.79 Å². The molecule has 1 aliphatic heterocycles. The Bertz CT molecular complexity index is 372. The van der Waals surface area contributed by atoms with Gasteiger partial charge in [0.1, 0.15) is 11.6 Å². The van der Waals surface area contributed by atoms with Crippen molar-refractivity contribution >= 4 is 18.0 Å². The number of ether oxygens (including phenoxy) is 1. The molecule has 0 unspecified atom stereocenters. The van der Waals surface area contributed by atoms with Crippen molar-refractivity contribution in [2.24, 2.45) is 5.92 Å². The molecule has 1 amide bonds. The maximum atomic E-state index is 11.8. The lowest BCUT2D eigenvalue weighted by atomic mass is 10.1. The first kappa shape index (κ1) is 14.3. The Labute approximate surface area is 104 Å². The zero-order valence-electron chi connectivity index (χ0n) is 10.5. The minimum absolute atomic E-state index is 0.0933. The SMILES string of the molecule is CC(C)(C)OC(=O)N1C[C@@H](C(=O)O)C[C@H]1C(=O)O. The lowest BCUT2D eigenvalue weighted by Gasteiger charge is -2.26. The van der Waals surface area contributed by atoms with Crippen molar-refractivity contribution in [1.82, 2.24) is 4.90 Å². The minimum atomic E-state index is -1.22. The predicted molar refractivity (Wildman–Crippen MR) is 60.1 cm³/mol. The summed E-state index contributed by atoms with van der Waals surface area (Å²) in [6, 6.07) is -1.14. The van der Waals surface area contributed by atoms with Crippen LogP contribution in [0.5, 0.6) is 0 Å². The maximum Gasteiger partial charge on any atom is 0.411 e. The first-order valence-electron chi connectivity index (χ1n) is 5.57.